The average molecular weight is 277 g/mol. The second-order valence-electron chi connectivity index (χ2n) is 6.81. The Hall–Kier alpha value is -0.643. The molecule has 1 saturated heterocycles. The molecule has 106 valence electrons. The third-order valence-electron chi connectivity index (χ3n) is 4.14. The molecule has 1 fully saturated rings. The van der Waals surface area contributed by atoms with Gasteiger partial charge in [0, 0.05) is 19.1 Å². The molecule has 3 heteroatoms. The van der Waals surface area contributed by atoms with E-state index in [4.69, 9.17) is 0 Å². The van der Waals surface area contributed by atoms with Gasteiger partial charge >= 0.3 is 0 Å². The lowest BCUT2D eigenvalue weighted by Gasteiger charge is -2.32. The van der Waals surface area contributed by atoms with Crippen molar-refractivity contribution >= 4 is 13.3 Å². The fourth-order valence-corrected chi connectivity index (χ4v) is 3.97. The average Bonchev–Trinajstić information content (AvgIpc) is 2.38. The van der Waals surface area contributed by atoms with Gasteiger partial charge in [0.15, 0.2) is 0 Å². The molecule has 1 aromatic carbocycles. The smallest absolute Gasteiger partial charge is 0.0775 e. The quantitative estimate of drug-likeness (QED) is 0.850. The molecule has 0 bridgehead atoms. The number of piperidine rings is 1. The Kier molecular flexibility index (Phi) is 4.82. The van der Waals surface area contributed by atoms with Crippen LogP contribution in [-0.4, -0.2) is 39.2 Å². The molecule has 1 aliphatic heterocycles. The molecular weight excluding hydrogens is 248 g/mol. The highest BCUT2D eigenvalue weighted by Gasteiger charge is 2.19. The van der Waals surface area contributed by atoms with Gasteiger partial charge in [-0.1, -0.05) is 49.1 Å². The van der Waals surface area contributed by atoms with Gasteiger partial charge in [0.05, 0.1) is 8.07 Å². The zero-order valence-electron chi connectivity index (χ0n) is 12.9. The monoisotopic (exact) mass is 276 g/mol. The summed E-state index contributed by atoms with van der Waals surface area (Å²) in [5, 5.41) is 4.97. The normalized spacial score (nSPS) is 21.6. The molecule has 1 aromatic rings. The van der Waals surface area contributed by atoms with E-state index >= 15 is 0 Å². The van der Waals surface area contributed by atoms with Gasteiger partial charge in [-0.05, 0) is 32.0 Å². The minimum absolute atomic E-state index is 0.676. The van der Waals surface area contributed by atoms with Crippen molar-refractivity contribution in [2.75, 3.05) is 20.1 Å². The summed E-state index contributed by atoms with van der Waals surface area (Å²) < 4.78 is 0. The highest BCUT2D eigenvalue weighted by molar-refractivity contribution is 6.88. The second-order valence-corrected chi connectivity index (χ2v) is 11.9. The van der Waals surface area contributed by atoms with Gasteiger partial charge in [0.2, 0.25) is 0 Å². The molecule has 1 unspecified atom stereocenters. The molecule has 0 amide bonds. The summed E-state index contributed by atoms with van der Waals surface area (Å²) in [6.45, 7) is 10.8. The van der Waals surface area contributed by atoms with Crippen molar-refractivity contribution in [1.82, 2.24) is 10.2 Å². The van der Waals surface area contributed by atoms with Crippen LogP contribution in [0.1, 0.15) is 18.4 Å². The minimum atomic E-state index is -1.15. The van der Waals surface area contributed by atoms with E-state index in [9.17, 15) is 0 Å². The maximum absolute atomic E-state index is 3.41. The summed E-state index contributed by atoms with van der Waals surface area (Å²) >= 11 is 0. The third kappa shape index (κ3) is 4.16. The largest absolute Gasteiger partial charge is 0.316 e. The Balaban J connectivity index is 1.96. The maximum atomic E-state index is 3.41. The first-order chi connectivity index (χ1) is 8.99. The molecule has 0 radical (unpaired) electrons. The van der Waals surface area contributed by atoms with Crippen LogP contribution in [0.4, 0.5) is 0 Å². The Morgan fingerprint density at radius 1 is 1.21 bits per heavy atom. The summed E-state index contributed by atoms with van der Waals surface area (Å²) in [5.74, 6) is 0. The number of hydrogen-bond acceptors (Lipinski definition) is 2. The molecule has 1 N–H and O–H groups in total. The van der Waals surface area contributed by atoms with Crippen LogP contribution in [0, 0.1) is 0 Å². The van der Waals surface area contributed by atoms with Gasteiger partial charge in [-0.2, -0.15) is 0 Å². The molecule has 0 aromatic heterocycles. The zero-order chi connectivity index (χ0) is 13.9. The van der Waals surface area contributed by atoms with Crippen molar-refractivity contribution in [3.8, 4) is 0 Å². The number of nitrogens with zero attached hydrogens (tertiary/aromatic N) is 1. The molecule has 0 aliphatic carbocycles. The SMILES string of the molecule is CNC1CCCN(Cc2ccc([Si](C)(C)C)cc2)C1. The number of likely N-dealkylation sites (tertiary alicyclic amines) is 1. The van der Waals surface area contributed by atoms with Crippen LogP contribution in [0.5, 0.6) is 0 Å². The Bertz CT molecular complexity index is 394. The van der Waals surface area contributed by atoms with Gasteiger partial charge < -0.3 is 5.32 Å². The fraction of sp³-hybridized carbons (Fsp3) is 0.625. The van der Waals surface area contributed by atoms with E-state index in [1.54, 1.807) is 5.19 Å². The number of nitrogens with one attached hydrogen (secondary N) is 1. The first-order valence-corrected chi connectivity index (χ1v) is 11.0. The predicted octanol–water partition coefficient (Wildman–Crippen LogP) is 2.42. The second kappa shape index (κ2) is 6.20. The number of hydrogen-bond donors (Lipinski definition) is 1. The number of benzene rings is 1. The Labute approximate surface area is 119 Å². The van der Waals surface area contributed by atoms with E-state index in [0.29, 0.717) is 6.04 Å². The van der Waals surface area contributed by atoms with Crippen molar-refractivity contribution in [3.05, 3.63) is 29.8 Å². The molecule has 0 spiro atoms. The summed E-state index contributed by atoms with van der Waals surface area (Å²) in [6, 6.07) is 10.0. The van der Waals surface area contributed by atoms with Crippen LogP contribution >= 0.6 is 0 Å². The summed E-state index contributed by atoms with van der Waals surface area (Å²) in [6.07, 6.45) is 2.64. The van der Waals surface area contributed by atoms with Crippen molar-refractivity contribution in [3.63, 3.8) is 0 Å². The summed E-state index contributed by atoms with van der Waals surface area (Å²) in [4.78, 5) is 2.58. The van der Waals surface area contributed by atoms with E-state index < -0.39 is 8.07 Å². The lowest BCUT2D eigenvalue weighted by atomic mass is 10.1. The molecule has 19 heavy (non-hydrogen) atoms. The van der Waals surface area contributed by atoms with Crippen LogP contribution in [0.2, 0.25) is 19.6 Å². The summed E-state index contributed by atoms with van der Waals surface area (Å²) in [7, 11) is 0.931. The topological polar surface area (TPSA) is 15.3 Å². The standard InChI is InChI=1S/C16H28N2Si/c1-17-15-6-5-11-18(13-15)12-14-7-9-16(10-8-14)19(2,3)4/h7-10,15,17H,5-6,11-13H2,1-4H3. The van der Waals surface area contributed by atoms with Gasteiger partial charge in [-0.3, -0.25) is 4.90 Å². The molecule has 2 rings (SSSR count). The lowest BCUT2D eigenvalue weighted by Crippen LogP contribution is -2.44. The van der Waals surface area contributed by atoms with E-state index in [-0.39, 0.29) is 0 Å². The molecule has 1 atom stereocenters. The van der Waals surface area contributed by atoms with Crippen molar-refractivity contribution in [2.24, 2.45) is 0 Å². The van der Waals surface area contributed by atoms with Crippen molar-refractivity contribution < 1.29 is 0 Å². The van der Waals surface area contributed by atoms with Crippen LogP contribution < -0.4 is 10.5 Å². The van der Waals surface area contributed by atoms with Gasteiger partial charge in [-0.25, -0.2) is 0 Å². The van der Waals surface area contributed by atoms with Crippen LogP contribution in [-0.2, 0) is 6.54 Å². The first-order valence-electron chi connectivity index (χ1n) is 7.48. The number of rotatable bonds is 4. The van der Waals surface area contributed by atoms with Crippen molar-refractivity contribution in [1.29, 1.82) is 0 Å². The van der Waals surface area contributed by atoms with E-state index in [0.717, 1.165) is 6.54 Å². The highest BCUT2D eigenvalue weighted by Crippen LogP contribution is 2.13. The van der Waals surface area contributed by atoms with E-state index in [2.05, 4.69) is 61.2 Å². The van der Waals surface area contributed by atoms with Gasteiger partial charge in [0.25, 0.3) is 0 Å². The zero-order valence-corrected chi connectivity index (χ0v) is 13.9. The fourth-order valence-electron chi connectivity index (χ4n) is 2.80. The summed E-state index contributed by atoms with van der Waals surface area (Å²) in [5.41, 5.74) is 1.46. The maximum Gasteiger partial charge on any atom is 0.0775 e. The van der Waals surface area contributed by atoms with Crippen LogP contribution in [0.25, 0.3) is 0 Å². The Morgan fingerprint density at radius 2 is 1.89 bits per heavy atom. The molecule has 0 saturated carbocycles. The van der Waals surface area contributed by atoms with E-state index in [1.807, 2.05) is 0 Å². The Morgan fingerprint density at radius 3 is 2.47 bits per heavy atom. The predicted molar refractivity (Wildman–Crippen MR) is 86.8 cm³/mol. The molecular formula is C16H28N2Si. The van der Waals surface area contributed by atoms with Gasteiger partial charge in [-0.15, -0.1) is 0 Å². The molecule has 2 nitrogen and oxygen atoms in total. The highest BCUT2D eigenvalue weighted by atomic mass is 28.3. The van der Waals surface area contributed by atoms with E-state index in [1.165, 1.54) is 31.5 Å². The molecule has 1 heterocycles. The molecule has 1 aliphatic rings. The van der Waals surface area contributed by atoms with Crippen LogP contribution in [0.3, 0.4) is 0 Å². The first kappa shape index (κ1) is 14.8. The van der Waals surface area contributed by atoms with Gasteiger partial charge in [0.1, 0.15) is 0 Å². The third-order valence-corrected chi connectivity index (χ3v) is 6.21. The number of likely N-dealkylation sites (N-methyl/N-ethyl adjacent to an activating group) is 1. The van der Waals surface area contributed by atoms with Crippen LogP contribution in [0.15, 0.2) is 24.3 Å². The lowest BCUT2D eigenvalue weighted by molar-refractivity contribution is 0.188. The minimum Gasteiger partial charge on any atom is -0.316 e. The van der Waals surface area contributed by atoms with Crippen molar-refractivity contribution in [2.45, 2.75) is 45.1 Å².